The van der Waals surface area contributed by atoms with E-state index in [0.717, 1.165) is 72.1 Å². The summed E-state index contributed by atoms with van der Waals surface area (Å²) in [5.41, 5.74) is 31.5. The van der Waals surface area contributed by atoms with Crippen molar-refractivity contribution in [1.82, 2.24) is 0 Å². The summed E-state index contributed by atoms with van der Waals surface area (Å²) in [5, 5.41) is 21.2. The summed E-state index contributed by atoms with van der Waals surface area (Å²) in [6.07, 6.45) is 2.13. The number of benzene rings is 9. The normalized spacial score (nSPS) is 13.1. The number of hydrogen-bond acceptors (Lipinski definition) is 20. The van der Waals surface area contributed by atoms with Gasteiger partial charge in [-0.3, -0.25) is 18.3 Å². The Labute approximate surface area is 567 Å². The predicted octanol–water partition coefficient (Wildman–Crippen LogP) is 20.3. The van der Waals surface area contributed by atoms with Crippen LogP contribution in [-0.4, -0.2) is 70.2 Å². The highest BCUT2D eigenvalue weighted by Gasteiger charge is 2.39. The van der Waals surface area contributed by atoms with Crippen molar-refractivity contribution in [2.75, 3.05) is 97.1 Å². The SMILES string of the molecule is CCCC(Nc1ccc2ccccc2c1N)P(=O)(OCC)OCC.CCOP(=O)(OCC)C(C)Nc1ccc2ccccc2c1N.CCOP(=O)(OCC)C(CC)Nc1ccc2ccccc2c1N.CCOP(=O)(OCC)C(Nc1ccc2ccccc2c1N)c1ccccc1. The summed E-state index contributed by atoms with van der Waals surface area (Å²) in [6.45, 7) is 22.8. The number of nitrogens with two attached hydrogens (primary N) is 4. The average molecular weight is 1390 g/mol. The van der Waals surface area contributed by atoms with Gasteiger partial charge in [-0.1, -0.05) is 172 Å². The van der Waals surface area contributed by atoms with Crippen molar-refractivity contribution < 1.29 is 54.5 Å². The molecule has 0 aliphatic rings. The van der Waals surface area contributed by atoms with Crippen LogP contribution < -0.4 is 44.2 Å². The summed E-state index contributed by atoms with van der Waals surface area (Å²) in [6, 6.07) is 56.7. The molecule has 20 nitrogen and oxygen atoms in total. The number of anilines is 8. The third-order valence-electron chi connectivity index (χ3n) is 15.3. The predicted molar refractivity (Wildman–Crippen MR) is 403 cm³/mol. The third-order valence-corrected chi connectivity index (χ3v) is 24.8. The van der Waals surface area contributed by atoms with E-state index in [9.17, 15) is 18.3 Å². The van der Waals surface area contributed by atoms with Crippen molar-refractivity contribution in [3.05, 3.63) is 181 Å². The van der Waals surface area contributed by atoms with E-state index in [-0.39, 0.29) is 13.2 Å². The molecule has 9 aromatic rings. The first kappa shape index (κ1) is 78.0. The van der Waals surface area contributed by atoms with Gasteiger partial charge in [0, 0.05) is 21.5 Å². The molecule has 0 aliphatic heterocycles. The zero-order valence-electron chi connectivity index (χ0n) is 57.3. The van der Waals surface area contributed by atoms with Crippen LogP contribution in [0.2, 0.25) is 0 Å². The Balaban J connectivity index is 0.000000203. The van der Waals surface area contributed by atoms with Crippen LogP contribution >= 0.6 is 30.4 Å². The molecule has 0 radical (unpaired) electrons. The van der Waals surface area contributed by atoms with Crippen molar-refractivity contribution in [2.45, 2.75) is 119 Å². The van der Waals surface area contributed by atoms with Gasteiger partial charge in [-0.05, 0) is 127 Å². The van der Waals surface area contributed by atoms with Gasteiger partial charge in [-0.25, -0.2) is 0 Å². The summed E-state index contributed by atoms with van der Waals surface area (Å²) < 4.78 is 96.3. The fourth-order valence-electron chi connectivity index (χ4n) is 10.8. The van der Waals surface area contributed by atoms with Crippen LogP contribution in [0, 0.1) is 0 Å². The largest absolute Gasteiger partial charge is 0.397 e. The highest BCUT2D eigenvalue weighted by atomic mass is 31.2. The third kappa shape index (κ3) is 20.3. The van der Waals surface area contributed by atoms with E-state index in [4.69, 9.17) is 59.1 Å². The van der Waals surface area contributed by atoms with Crippen LogP contribution in [0.5, 0.6) is 0 Å². The molecule has 0 amide bonds. The molecule has 0 bridgehead atoms. The Morgan fingerprint density at radius 1 is 0.323 bits per heavy atom. The Kier molecular flexibility index (Phi) is 31.1. The van der Waals surface area contributed by atoms with E-state index in [1.807, 2.05) is 217 Å². The van der Waals surface area contributed by atoms with Gasteiger partial charge in [-0.2, -0.15) is 0 Å². The second-order valence-electron chi connectivity index (χ2n) is 21.8. The molecule has 0 fully saturated rings. The van der Waals surface area contributed by atoms with E-state index in [2.05, 4.69) is 21.3 Å². The molecule has 0 saturated heterocycles. The van der Waals surface area contributed by atoms with Crippen LogP contribution in [0.4, 0.5) is 45.5 Å². The van der Waals surface area contributed by atoms with E-state index < -0.39 is 53.5 Å². The molecule has 0 heterocycles. The Morgan fingerprint density at radius 3 is 0.938 bits per heavy atom. The number of nitrogen functional groups attached to an aromatic ring is 4. The van der Waals surface area contributed by atoms with Crippen molar-refractivity contribution >= 4 is 119 Å². The maximum atomic E-state index is 13.5. The number of fused-ring (bicyclic) bond motifs is 4. The topological polar surface area (TPSA) is 294 Å². The summed E-state index contributed by atoms with van der Waals surface area (Å²) >= 11 is 0. The summed E-state index contributed by atoms with van der Waals surface area (Å²) in [7, 11) is -13.2. The van der Waals surface area contributed by atoms with Gasteiger partial charge in [0.2, 0.25) is 0 Å². The van der Waals surface area contributed by atoms with Crippen molar-refractivity contribution in [2.24, 2.45) is 0 Å². The zero-order chi connectivity index (χ0) is 69.9. The molecule has 4 atom stereocenters. The Morgan fingerprint density at radius 2 is 0.604 bits per heavy atom. The lowest BCUT2D eigenvalue weighted by molar-refractivity contribution is 0.212. The first-order chi connectivity index (χ1) is 46.2. The van der Waals surface area contributed by atoms with E-state index >= 15 is 0 Å². The molecule has 12 N–H and O–H groups in total. The van der Waals surface area contributed by atoms with Gasteiger partial charge in [0.1, 0.15) is 17.3 Å². The molecule has 24 heteroatoms. The minimum atomic E-state index is -3.46. The lowest BCUT2D eigenvalue weighted by Crippen LogP contribution is -2.23. The van der Waals surface area contributed by atoms with Gasteiger partial charge < -0.3 is 80.4 Å². The fraction of sp³-hybridized carbons (Fsp3) is 0.361. The first-order valence-corrected chi connectivity index (χ1v) is 39.4. The molecule has 9 rings (SSSR count). The van der Waals surface area contributed by atoms with Gasteiger partial charge in [0.15, 0.2) is 5.78 Å². The van der Waals surface area contributed by atoms with E-state index in [1.165, 1.54) is 0 Å². The number of rotatable bonds is 32. The highest BCUT2D eigenvalue weighted by Crippen LogP contribution is 2.61. The van der Waals surface area contributed by atoms with Crippen LogP contribution in [0.3, 0.4) is 0 Å². The minimum absolute atomic E-state index is 0.287. The van der Waals surface area contributed by atoms with E-state index in [1.54, 1.807) is 34.6 Å². The van der Waals surface area contributed by atoms with Gasteiger partial charge in [0.05, 0.1) is 98.4 Å². The van der Waals surface area contributed by atoms with Crippen LogP contribution in [0.15, 0.2) is 176 Å². The maximum absolute atomic E-state index is 13.5. The molecule has 0 spiro atoms. The second kappa shape index (κ2) is 38.2. The molecular weight excluding hydrogens is 1290 g/mol. The van der Waals surface area contributed by atoms with Gasteiger partial charge in [0.25, 0.3) is 0 Å². The van der Waals surface area contributed by atoms with Gasteiger partial charge in [-0.15, -0.1) is 0 Å². The van der Waals surface area contributed by atoms with Gasteiger partial charge >= 0.3 is 30.4 Å². The maximum Gasteiger partial charge on any atom is 0.357 e. The quantitative estimate of drug-likeness (QED) is 0.0144. The van der Waals surface area contributed by atoms with Crippen LogP contribution in [0.1, 0.15) is 107 Å². The molecule has 0 aromatic heterocycles. The molecule has 96 heavy (non-hydrogen) atoms. The molecule has 520 valence electrons. The average Bonchev–Trinajstić information content (AvgIpc) is 0.815. The van der Waals surface area contributed by atoms with E-state index in [0.29, 0.717) is 80.9 Å². The number of hydrogen-bond donors (Lipinski definition) is 8. The smallest absolute Gasteiger partial charge is 0.357 e. The molecule has 9 aromatic carbocycles. The Bertz CT molecular complexity index is 4060. The lowest BCUT2D eigenvalue weighted by Gasteiger charge is -2.28. The van der Waals surface area contributed by atoms with Crippen molar-refractivity contribution in [3.8, 4) is 0 Å². The number of nitrogens with one attached hydrogen (secondary N) is 4. The second-order valence-corrected chi connectivity index (χ2v) is 30.7. The molecule has 0 aliphatic carbocycles. The van der Waals surface area contributed by atoms with Crippen molar-refractivity contribution in [3.63, 3.8) is 0 Å². The fourth-order valence-corrected chi connectivity index (χ4v) is 18.2. The van der Waals surface area contributed by atoms with Crippen molar-refractivity contribution in [1.29, 1.82) is 0 Å². The summed E-state index contributed by atoms with van der Waals surface area (Å²) in [4.78, 5) is 0. The zero-order valence-corrected chi connectivity index (χ0v) is 60.9. The van der Waals surface area contributed by atoms with Crippen LogP contribution in [-0.2, 0) is 54.5 Å². The highest BCUT2D eigenvalue weighted by molar-refractivity contribution is 7.55. The molecular formula is C72H100N8O12P4. The minimum Gasteiger partial charge on any atom is -0.397 e. The van der Waals surface area contributed by atoms with Crippen LogP contribution in [0.25, 0.3) is 43.1 Å². The first-order valence-electron chi connectivity index (χ1n) is 33.0. The molecule has 4 unspecified atom stereocenters. The summed E-state index contributed by atoms with van der Waals surface area (Å²) in [5.74, 6) is -2.02. The molecule has 0 saturated carbocycles. The monoisotopic (exact) mass is 1390 g/mol. The standard InChI is InChI=1S/C21H25N2O3P.C18H27N2O3P.C17H25N2O3P.C16H23N2O3P/c1-3-25-27(24,26-4-2)21(17-11-6-5-7-12-17)23-19-15-14-16-10-8-9-13-18(16)20(19)22;1-4-9-17(24(21,22-5-2)23-6-3)20-16-13-12-14-10-7-8-11-15(14)18(16)19;1-4-16(23(20,21-5-2)22-6-3)19-15-12-11-13-9-7-8-10-14(13)17(15)18;1-4-20-22(19,21-5-2)12(3)18-15-11-10-13-8-6-7-9-14(13)16(15)17/h5-15,21,23H,3-4,22H2,1-2H3;7-8,10-13,17,20H,4-6,9,19H2,1-3H3;7-12,16,19H,4-6,18H2,1-3H3;6-12,18H,4-5,17H2,1-3H3. The lowest BCUT2D eigenvalue weighted by atomic mass is 10.1. The Hall–Kier alpha value is -6.98.